The van der Waals surface area contributed by atoms with Gasteiger partial charge in [-0.1, -0.05) is 23.8 Å². The van der Waals surface area contributed by atoms with Gasteiger partial charge in [0.05, 0.1) is 6.61 Å². The molecule has 3 heteroatoms. The number of hydrogen-bond acceptors (Lipinski definition) is 3. The second-order valence-corrected chi connectivity index (χ2v) is 5.90. The highest BCUT2D eigenvalue weighted by Gasteiger charge is 2.21. The van der Waals surface area contributed by atoms with Crippen LogP contribution in [-0.2, 0) is 17.6 Å². The lowest BCUT2D eigenvalue weighted by Gasteiger charge is -2.16. The number of benzene rings is 1. The summed E-state index contributed by atoms with van der Waals surface area (Å²) in [6.07, 6.45) is 2.07. The van der Waals surface area contributed by atoms with Crippen LogP contribution in [0.25, 0.3) is 10.4 Å². The van der Waals surface area contributed by atoms with Gasteiger partial charge in [-0.3, -0.25) is 0 Å². The molecule has 0 unspecified atom stereocenters. The van der Waals surface area contributed by atoms with Gasteiger partial charge in [-0.2, -0.15) is 0 Å². The molecule has 0 N–H and O–H groups in total. The molecule has 3 rings (SSSR count). The van der Waals surface area contributed by atoms with Gasteiger partial charge < -0.3 is 4.74 Å². The molecule has 1 aliphatic carbocycles. The molecule has 0 saturated carbocycles. The van der Waals surface area contributed by atoms with Crippen LogP contribution in [0.5, 0.6) is 0 Å². The predicted molar refractivity (Wildman–Crippen MR) is 77.9 cm³/mol. The molecular formula is C16H16O2S. The number of carbonyl (C=O) groups is 1. The van der Waals surface area contributed by atoms with Gasteiger partial charge in [0.1, 0.15) is 4.88 Å². The summed E-state index contributed by atoms with van der Waals surface area (Å²) in [5, 5.41) is 0. The molecule has 0 amide bonds. The fourth-order valence-electron chi connectivity index (χ4n) is 2.57. The Morgan fingerprint density at radius 2 is 2.05 bits per heavy atom. The van der Waals surface area contributed by atoms with Crippen LogP contribution >= 0.6 is 11.3 Å². The van der Waals surface area contributed by atoms with Gasteiger partial charge in [0, 0.05) is 4.88 Å². The molecule has 0 fully saturated rings. The number of aryl methyl sites for hydroxylation is 3. The summed E-state index contributed by atoms with van der Waals surface area (Å²) in [5.74, 6) is -0.199. The van der Waals surface area contributed by atoms with Gasteiger partial charge in [0.15, 0.2) is 0 Å². The summed E-state index contributed by atoms with van der Waals surface area (Å²) in [5.41, 5.74) is 5.26. The molecule has 98 valence electrons. The maximum Gasteiger partial charge on any atom is 0.348 e. The van der Waals surface area contributed by atoms with E-state index in [-0.39, 0.29) is 5.97 Å². The number of carbonyl (C=O) groups excluding carboxylic acids is 1. The van der Waals surface area contributed by atoms with E-state index >= 15 is 0 Å². The Bertz CT molecular complexity index is 640. The molecule has 2 aromatic rings. The number of fused-ring (bicyclic) bond motifs is 3. The number of esters is 1. The Balaban J connectivity index is 2.04. The van der Waals surface area contributed by atoms with Gasteiger partial charge in [-0.25, -0.2) is 4.79 Å². The van der Waals surface area contributed by atoms with Crippen molar-refractivity contribution in [3.8, 4) is 10.4 Å². The van der Waals surface area contributed by atoms with Crippen molar-refractivity contribution in [2.45, 2.75) is 26.7 Å². The molecule has 1 heterocycles. The highest BCUT2D eigenvalue weighted by Crippen LogP contribution is 2.40. The Morgan fingerprint density at radius 1 is 1.26 bits per heavy atom. The lowest BCUT2D eigenvalue weighted by atomic mass is 9.90. The number of thiophene rings is 1. The van der Waals surface area contributed by atoms with Gasteiger partial charge in [-0.15, -0.1) is 11.3 Å². The SMILES string of the molecule is CCOC(=O)c1cc2c(s1)-c1ccc(C)cc1CC2. The normalized spacial score (nSPS) is 12.7. The van der Waals surface area contributed by atoms with E-state index in [1.54, 1.807) is 11.3 Å². The summed E-state index contributed by atoms with van der Waals surface area (Å²) in [6, 6.07) is 8.56. The minimum absolute atomic E-state index is 0.199. The van der Waals surface area contributed by atoms with Crippen molar-refractivity contribution < 1.29 is 9.53 Å². The minimum atomic E-state index is -0.199. The van der Waals surface area contributed by atoms with E-state index in [9.17, 15) is 4.79 Å². The lowest BCUT2D eigenvalue weighted by molar-refractivity contribution is 0.0532. The molecule has 0 saturated heterocycles. The fraction of sp³-hybridized carbons (Fsp3) is 0.312. The van der Waals surface area contributed by atoms with E-state index in [0.717, 1.165) is 17.7 Å². The maximum atomic E-state index is 11.8. The summed E-state index contributed by atoms with van der Waals surface area (Å²) >= 11 is 1.56. The highest BCUT2D eigenvalue weighted by atomic mass is 32.1. The first-order chi connectivity index (χ1) is 9.19. The van der Waals surface area contributed by atoms with Crippen molar-refractivity contribution >= 4 is 17.3 Å². The number of rotatable bonds is 2. The van der Waals surface area contributed by atoms with E-state index in [1.807, 2.05) is 13.0 Å². The molecular weight excluding hydrogens is 256 g/mol. The van der Waals surface area contributed by atoms with Gasteiger partial charge in [0.25, 0.3) is 0 Å². The van der Waals surface area contributed by atoms with Crippen molar-refractivity contribution in [2.75, 3.05) is 6.61 Å². The van der Waals surface area contributed by atoms with Crippen LogP contribution in [0.1, 0.15) is 33.3 Å². The Kier molecular flexibility index (Phi) is 3.15. The average Bonchev–Trinajstić information content (AvgIpc) is 2.82. The van der Waals surface area contributed by atoms with Crippen molar-refractivity contribution in [3.05, 3.63) is 45.8 Å². The van der Waals surface area contributed by atoms with E-state index in [4.69, 9.17) is 4.74 Å². The zero-order chi connectivity index (χ0) is 13.4. The van der Waals surface area contributed by atoms with Gasteiger partial charge in [0.2, 0.25) is 0 Å². The van der Waals surface area contributed by atoms with Crippen molar-refractivity contribution in [2.24, 2.45) is 0 Å². The Labute approximate surface area is 117 Å². The van der Waals surface area contributed by atoms with Crippen LogP contribution in [0, 0.1) is 6.92 Å². The van der Waals surface area contributed by atoms with Crippen LogP contribution in [0.4, 0.5) is 0 Å². The zero-order valence-electron chi connectivity index (χ0n) is 11.2. The quantitative estimate of drug-likeness (QED) is 0.772. The van der Waals surface area contributed by atoms with Crippen LogP contribution in [-0.4, -0.2) is 12.6 Å². The molecule has 1 aliphatic rings. The third-order valence-electron chi connectivity index (χ3n) is 3.45. The Hall–Kier alpha value is -1.61. The topological polar surface area (TPSA) is 26.3 Å². The average molecular weight is 272 g/mol. The molecule has 0 atom stereocenters. The summed E-state index contributed by atoms with van der Waals surface area (Å²) in [6.45, 7) is 4.38. The van der Waals surface area contributed by atoms with E-state index in [2.05, 4.69) is 25.1 Å². The van der Waals surface area contributed by atoms with E-state index < -0.39 is 0 Å². The van der Waals surface area contributed by atoms with Crippen LogP contribution in [0.3, 0.4) is 0 Å². The van der Waals surface area contributed by atoms with Gasteiger partial charge >= 0.3 is 5.97 Å². The van der Waals surface area contributed by atoms with E-state index in [0.29, 0.717) is 6.61 Å². The first-order valence-electron chi connectivity index (χ1n) is 6.58. The van der Waals surface area contributed by atoms with Crippen LogP contribution in [0.2, 0.25) is 0 Å². The Morgan fingerprint density at radius 3 is 2.84 bits per heavy atom. The number of ether oxygens (including phenoxy) is 1. The molecule has 0 aliphatic heterocycles. The smallest absolute Gasteiger partial charge is 0.348 e. The maximum absolute atomic E-state index is 11.8. The number of hydrogen-bond donors (Lipinski definition) is 0. The second kappa shape index (κ2) is 4.82. The van der Waals surface area contributed by atoms with Crippen molar-refractivity contribution in [1.82, 2.24) is 0 Å². The first-order valence-corrected chi connectivity index (χ1v) is 7.40. The predicted octanol–water partition coefficient (Wildman–Crippen LogP) is 4.00. The molecule has 1 aromatic carbocycles. The van der Waals surface area contributed by atoms with Crippen LogP contribution < -0.4 is 0 Å². The molecule has 0 radical (unpaired) electrons. The first kappa shape index (κ1) is 12.4. The molecule has 0 spiro atoms. The molecule has 2 nitrogen and oxygen atoms in total. The second-order valence-electron chi connectivity index (χ2n) is 4.85. The summed E-state index contributed by atoms with van der Waals surface area (Å²) < 4.78 is 5.08. The van der Waals surface area contributed by atoms with Crippen LogP contribution in [0.15, 0.2) is 24.3 Å². The van der Waals surface area contributed by atoms with Gasteiger partial charge in [-0.05, 0) is 49.4 Å². The minimum Gasteiger partial charge on any atom is -0.462 e. The fourth-order valence-corrected chi connectivity index (χ4v) is 3.73. The third-order valence-corrected chi connectivity index (χ3v) is 4.65. The lowest BCUT2D eigenvalue weighted by Crippen LogP contribution is -2.02. The van der Waals surface area contributed by atoms with Crippen molar-refractivity contribution in [1.29, 1.82) is 0 Å². The third kappa shape index (κ3) is 2.19. The summed E-state index contributed by atoms with van der Waals surface area (Å²) in [4.78, 5) is 13.8. The molecule has 19 heavy (non-hydrogen) atoms. The molecule has 1 aromatic heterocycles. The van der Waals surface area contributed by atoms with E-state index in [1.165, 1.54) is 27.1 Å². The van der Waals surface area contributed by atoms with Crippen molar-refractivity contribution in [3.63, 3.8) is 0 Å². The highest BCUT2D eigenvalue weighted by molar-refractivity contribution is 7.17. The molecule has 0 bridgehead atoms. The zero-order valence-corrected chi connectivity index (χ0v) is 12.0. The standard InChI is InChI=1S/C16H16O2S/c1-3-18-16(17)14-9-12-6-5-11-8-10(2)4-7-13(11)15(12)19-14/h4,7-9H,3,5-6H2,1-2H3. The largest absolute Gasteiger partial charge is 0.462 e. The monoisotopic (exact) mass is 272 g/mol. The summed E-state index contributed by atoms with van der Waals surface area (Å²) in [7, 11) is 0.